The van der Waals surface area contributed by atoms with Gasteiger partial charge >= 0.3 is 5.97 Å². The average Bonchev–Trinajstić information content (AvgIpc) is 2.44. The molecule has 1 heterocycles. The summed E-state index contributed by atoms with van der Waals surface area (Å²) in [5, 5.41) is 8.86. The third-order valence-corrected chi connectivity index (χ3v) is 3.42. The summed E-state index contributed by atoms with van der Waals surface area (Å²) in [5.74, 6) is 0.628. The van der Waals surface area contributed by atoms with Crippen LogP contribution in [0, 0.1) is 0 Å². The molecule has 1 aliphatic heterocycles. The van der Waals surface area contributed by atoms with Gasteiger partial charge in [0.15, 0.2) is 0 Å². The standard InChI is InChI=1S/C15H20O4/c1-18-15(17)10-11-4-5-12-6-7-13(3-2-8-16)19-14(12)9-11/h4-5,9,13,16H,2-3,6-8,10H2,1H3. The Kier molecular flexibility index (Phi) is 4.80. The van der Waals surface area contributed by atoms with Gasteiger partial charge in [-0.1, -0.05) is 12.1 Å². The molecule has 0 amide bonds. The molecule has 0 saturated carbocycles. The maximum absolute atomic E-state index is 11.3. The summed E-state index contributed by atoms with van der Waals surface area (Å²) >= 11 is 0. The predicted octanol–water partition coefficient (Wildman–Crippen LogP) is 1.87. The highest BCUT2D eigenvalue weighted by Crippen LogP contribution is 2.30. The van der Waals surface area contributed by atoms with Gasteiger partial charge in [-0.15, -0.1) is 0 Å². The molecular weight excluding hydrogens is 244 g/mol. The molecule has 19 heavy (non-hydrogen) atoms. The second-order valence-corrected chi connectivity index (χ2v) is 4.84. The Bertz CT molecular complexity index is 442. The molecule has 104 valence electrons. The fourth-order valence-electron chi connectivity index (χ4n) is 2.34. The molecule has 1 atom stereocenters. The van der Waals surface area contributed by atoms with Crippen LogP contribution < -0.4 is 4.74 Å². The Labute approximate surface area is 113 Å². The highest BCUT2D eigenvalue weighted by molar-refractivity contribution is 5.72. The molecule has 1 aliphatic rings. The highest BCUT2D eigenvalue weighted by Gasteiger charge is 2.19. The third kappa shape index (κ3) is 3.70. The lowest BCUT2D eigenvalue weighted by atomic mass is 9.97. The van der Waals surface area contributed by atoms with Crippen molar-refractivity contribution in [3.8, 4) is 5.75 Å². The van der Waals surface area contributed by atoms with Gasteiger partial charge in [-0.05, 0) is 42.9 Å². The first-order chi connectivity index (χ1) is 9.22. The predicted molar refractivity (Wildman–Crippen MR) is 71.2 cm³/mol. The lowest BCUT2D eigenvalue weighted by Crippen LogP contribution is -2.23. The normalized spacial score (nSPS) is 17.5. The van der Waals surface area contributed by atoms with Crippen LogP contribution in [0.2, 0.25) is 0 Å². The van der Waals surface area contributed by atoms with E-state index in [-0.39, 0.29) is 25.1 Å². The topological polar surface area (TPSA) is 55.8 Å². The van der Waals surface area contributed by atoms with Crippen LogP contribution in [-0.4, -0.2) is 30.9 Å². The molecule has 0 spiro atoms. The van der Waals surface area contributed by atoms with E-state index in [9.17, 15) is 4.79 Å². The van der Waals surface area contributed by atoms with Gasteiger partial charge in [0.2, 0.25) is 0 Å². The zero-order valence-corrected chi connectivity index (χ0v) is 11.2. The number of hydrogen-bond donors (Lipinski definition) is 1. The number of fused-ring (bicyclic) bond motifs is 1. The highest BCUT2D eigenvalue weighted by atomic mass is 16.5. The van der Waals surface area contributed by atoms with Gasteiger partial charge in [-0.25, -0.2) is 0 Å². The van der Waals surface area contributed by atoms with E-state index in [0.717, 1.165) is 37.0 Å². The zero-order chi connectivity index (χ0) is 13.7. The van der Waals surface area contributed by atoms with Crippen LogP contribution in [0.15, 0.2) is 18.2 Å². The van der Waals surface area contributed by atoms with E-state index in [1.54, 1.807) is 0 Å². The molecule has 1 unspecified atom stereocenters. The SMILES string of the molecule is COC(=O)Cc1ccc2c(c1)OC(CCCO)CC2. The van der Waals surface area contributed by atoms with Crippen LogP contribution in [0.3, 0.4) is 0 Å². The summed E-state index contributed by atoms with van der Waals surface area (Å²) in [7, 11) is 1.39. The van der Waals surface area contributed by atoms with Gasteiger partial charge in [0.1, 0.15) is 5.75 Å². The molecule has 2 rings (SSSR count). The van der Waals surface area contributed by atoms with Gasteiger partial charge in [0, 0.05) is 6.61 Å². The average molecular weight is 264 g/mol. The molecule has 4 nitrogen and oxygen atoms in total. The molecule has 4 heteroatoms. The van der Waals surface area contributed by atoms with Crippen LogP contribution >= 0.6 is 0 Å². The molecule has 0 fully saturated rings. The first-order valence-electron chi connectivity index (χ1n) is 6.69. The molecule has 0 aromatic heterocycles. The van der Waals surface area contributed by atoms with Gasteiger partial charge < -0.3 is 14.6 Å². The Morgan fingerprint density at radius 1 is 1.53 bits per heavy atom. The molecule has 1 N–H and O–H groups in total. The van der Waals surface area contributed by atoms with Crippen LogP contribution in [0.4, 0.5) is 0 Å². The van der Waals surface area contributed by atoms with Crippen molar-refractivity contribution in [3.05, 3.63) is 29.3 Å². The van der Waals surface area contributed by atoms with Crippen LogP contribution in [0.5, 0.6) is 5.75 Å². The number of carbonyl (C=O) groups is 1. The maximum Gasteiger partial charge on any atom is 0.309 e. The number of ether oxygens (including phenoxy) is 2. The number of aryl methyl sites for hydroxylation is 1. The third-order valence-electron chi connectivity index (χ3n) is 3.42. The summed E-state index contributed by atoms with van der Waals surface area (Å²) < 4.78 is 10.6. The Hall–Kier alpha value is -1.55. The number of methoxy groups -OCH3 is 1. The molecule has 0 aliphatic carbocycles. The molecule has 1 aromatic rings. The number of carbonyl (C=O) groups excluding carboxylic acids is 1. The number of hydrogen-bond acceptors (Lipinski definition) is 4. The number of rotatable bonds is 5. The number of aliphatic hydroxyl groups is 1. The van der Waals surface area contributed by atoms with Gasteiger partial charge in [-0.3, -0.25) is 4.79 Å². The minimum absolute atomic E-state index is 0.174. The molecular formula is C15H20O4. The Morgan fingerprint density at radius 2 is 2.37 bits per heavy atom. The quantitative estimate of drug-likeness (QED) is 0.825. The maximum atomic E-state index is 11.3. The number of esters is 1. The minimum atomic E-state index is -0.243. The second-order valence-electron chi connectivity index (χ2n) is 4.84. The van der Waals surface area contributed by atoms with E-state index in [1.807, 2.05) is 18.2 Å². The van der Waals surface area contributed by atoms with E-state index >= 15 is 0 Å². The summed E-state index contributed by atoms with van der Waals surface area (Å²) in [5.41, 5.74) is 2.10. The van der Waals surface area contributed by atoms with Crippen molar-refractivity contribution >= 4 is 5.97 Å². The smallest absolute Gasteiger partial charge is 0.309 e. The van der Waals surface area contributed by atoms with Gasteiger partial charge in [0.05, 0.1) is 19.6 Å². The number of benzene rings is 1. The van der Waals surface area contributed by atoms with Crippen molar-refractivity contribution in [1.82, 2.24) is 0 Å². The zero-order valence-electron chi connectivity index (χ0n) is 11.2. The van der Waals surface area contributed by atoms with Crippen molar-refractivity contribution in [1.29, 1.82) is 0 Å². The van der Waals surface area contributed by atoms with Crippen molar-refractivity contribution < 1.29 is 19.4 Å². The van der Waals surface area contributed by atoms with Gasteiger partial charge in [-0.2, -0.15) is 0 Å². The summed E-state index contributed by atoms with van der Waals surface area (Å²) in [6, 6.07) is 5.90. The largest absolute Gasteiger partial charge is 0.490 e. The Balaban J connectivity index is 2.04. The van der Waals surface area contributed by atoms with Gasteiger partial charge in [0.25, 0.3) is 0 Å². The fraction of sp³-hybridized carbons (Fsp3) is 0.533. The molecule has 0 radical (unpaired) electrons. The van der Waals surface area contributed by atoms with Crippen molar-refractivity contribution in [2.24, 2.45) is 0 Å². The fourth-order valence-corrected chi connectivity index (χ4v) is 2.34. The lowest BCUT2D eigenvalue weighted by Gasteiger charge is -2.26. The van der Waals surface area contributed by atoms with E-state index in [4.69, 9.17) is 9.84 Å². The Morgan fingerprint density at radius 3 is 3.11 bits per heavy atom. The van der Waals surface area contributed by atoms with Crippen molar-refractivity contribution in [2.45, 2.75) is 38.2 Å². The summed E-state index contributed by atoms with van der Waals surface area (Å²) in [6.07, 6.45) is 4.06. The van der Waals surface area contributed by atoms with Crippen LogP contribution in [0.1, 0.15) is 30.4 Å². The number of aliphatic hydroxyl groups excluding tert-OH is 1. The lowest BCUT2D eigenvalue weighted by molar-refractivity contribution is -0.139. The van der Waals surface area contributed by atoms with E-state index in [1.165, 1.54) is 12.7 Å². The van der Waals surface area contributed by atoms with Crippen molar-refractivity contribution in [2.75, 3.05) is 13.7 Å². The van der Waals surface area contributed by atoms with Crippen molar-refractivity contribution in [3.63, 3.8) is 0 Å². The van der Waals surface area contributed by atoms with Crippen LogP contribution in [-0.2, 0) is 22.4 Å². The van der Waals surface area contributed by atoms with E-state index in [2.05, 4.69) is 4.74 Å². The van der Waals surface area contributed by atoms with Crippen LogP contribution in [0.25, 0.3) is 0 Å². The second kappa shape index (κ2) is 6.57. The van der Waals surface area contributed by atoms with E-state index in [0.29, 0.717) is 0 Å². The summed E-state index contributed by atoms with van der Waals surface area (Å²) in [6.45, 7) is 0.203. The first kappa shape index (κ1) is 13.9. The minimum Gasteiger partial charge on any atom is -0.490 e. The van der Waals surface area contributed by atoms with E-state index < -0.39 is 0 Å². The first-order valence-corrected chi connectivity index (χ1v) is 6.69. The summed E-state index contributed by atoms with van der Waals surface area (Å²) in [4.78, 5) is 11.3. The molecule has 0 bridgehead atoms. The monoisotopic (exact) mass is 264 g/mol. The molecule has 1 aromatic carbocycles. The molecule has 0 saturated heterocycles.